The van der Waals surface area contributed by atoms with Gasteiger partial charge >= 0.3 is 0 Å². The molecule has 2 heterocycles. The van der Waals surface area contributed by atoms with Crippen LogP contribution >= 0.6 is 0 Å². The molecular formula is C31H34N4O4. The number of carbonyl (C=O) groups excluding carboxylic acids is 1. The highest BCUT2D eigenvalue weighted by Crippen LogP contribution is 2.29. The normalized spacial score (nSPS) is 16.7. The van der Waals surface area contributed by atoms with Crippen LogP contribution < -0.4 is 15.0 Å². The highest BCUT2D eigenvalue weighted by molar-refractivity contribution is 5.79. The zero-order chi connectivity index (χ0) is 27.5. The second kappa shape index (κ2) is 11.3. The van der Waals surface area contributed by atoms with Crippen LogP contribution in [0.25, 0.3) is 16.6 Å². The van der Waals surface area contributed by atoms with Gasteiger partial charge in [-0.1, -0.05) is 42.0 Å². The summed E-state index contributed by atoms with van der Waals surface area (Å²) >= 11 is 0. The fraction of sp³-hybridized carbons (Fsp3) is 0.323. The van der Waals surface area contributed by atoms with Crippen molar-refractivity contribution < 1.29 is 14.3 Å². The van der Waals surface area contributed by atoms with Crippen molar-refractivity contribution in [1.82, 2.24) is 19.4 Å². The highest BCUT2D eigenvalue weighted by atomic mass is 16.5. The number of piperazine rings is 1. The van der Waals surface area contributed by atoms with Gasteiger partial charge < -0.3 is 14.4 Å². The highest BCUT2D eigenvalue weighted by Gasteiger charge is 2.32. The number of benzene rings is 3. The number of fused-ring (bicyclic) bond motifs is 1. The molecule has 202 valence electrons. The summed E-state index contributed by atoms with van der Waals surface area (Å²) in [5.74, 6) is 1.89. The van der Waals surface area contributed by atoms with E-state index in [9.17, 15) is 9.59 Å². The fourth-order valence-corrected chi connectivity index (χ4v) is 5.21. The van der Waals surface area contributed by atoms with Crippen molar-refractivity contribution in [3.63, 3.8) is 0 Å². The Hall–Kier alpha value is -4.17. The number of aryl methyl sites for hydroxylation is 1. The minimum Gasteiger partial charge on any atom is -0.495 e. The average molecular weight is 527 g/mol. The van der Waals surface area contributed by atoms with Gasteiger partial charge in [0.05, 0.1) is 29.7 Å². The van der Waals surface area contributed by atoms with Crippen molar-refractivity contribution in [2.45, 2.75) is 32.9 Å². The molecule has 0 N–H and O–H groups in total. The van der Waals surface area contributed by atoms with Crippen LogP contribution in [0.3, 0.4) is 0 Å². The third-order valence-electron chi connectivity index (χ3n) is 7.41. The van der Waals surface area contributed by atoms with Gasteiger partial charge in [0.1, 0.15) is 17.3 Å². The smallest absolute Gasteiger partial charge is 0.266 e. The number of aromatic nitrogens is 2. The van der Waals surface area contributed by atoms with E-state index in [1.807, 2.05) is 85.5 Å². The molecule has 0 spiro atoms. The maximum atomic E-state index is 13.8. The summed E-state index contributed by atoms with van der Waals surface area (Å²) < 4.78 is 13.0. The van der Waals surface area contributed by atoms with Crippen molar-refractivity contribution >= 4 is 16.8 Å². The Balaban J connectivity index is 1.39. The molecule has 1 fully saturated rings. The van der Waals surface area contributed by atoms with E-state index in [0.29, 0.717) is 53.5 Å². The lowest BCUT2D eigenvalue weighted by Crippen LogP contribution is -2.55. The van der Waals surface area contributed by atoms with Gasteiger partial charge in [-0.05, 0) is 57.2 Å². The Bertz CT molecular complexity index is 1530. The van der Waals surface area contributed by atoms with Gasteiger partial charge in [0.2, 0.25) is 0 Å². The first kappa shape index (κ1) is 26.4. The molecule has 1 aliphatic rings. The fourth-order valence-electron chi connectivity index (χ4n) is 5.21. The molecule has 0 aliphatic carbocycles. The number of methoxy groups -OCH3 is 1. The number of amides is 1. The number of para-hydroxylation sites is 3. The molecular weight excluding hydrogens is 492 g/mol. The third-order valence-corrected chi connectivity index (χ3v) is 7.41. The number of ether oxygens (including phenoxy) is 2. The zero-order valence-corrected chi connectivity index (χ0v) is 22.8. The maximum absolute atomic E-state index is 13.8. The first-order valence-corrected chi connectivity index (χ1v) is 13.3. The van der Waals surface area contributed by atoms with Crippen LogP contribution in [0.4, 0.5) is 0 Å². The summed E-state index contributed by atoms with van der Waals surface area (Å²) in [6.07, 6.45) is 0. The quantitative estimate of drug-likeness (QED) is 0.356. The molecule has 0 radical (unpaired) electrons. The van der Waals surface area contributed by atoms with Crippen LogP contribution in [0, 0.1) is 6.92 Å². The molecule has 5 rings (SSSR count). The van der Waals surface area contributed by atoms with E-state index in [2.05, 4.69) is 11.8 Å². The van der Waals surface area contributed by atoms with Crippen LogP contribution in [-0.2, 0) is 4.79 Å². The second-order valence-electron chi connectivity index (χ2n) is 10.0. The van der Waals surface area contributed by atoms with E-state index in [1.54, 1.807) is 17.7 Å². The lowest BCUT2D eigenvalue weighted by atomic mass is 10.1. The van der Waals surface area contributed by atoms with Gasteiger partial charge in [-0.25, -0.2) is 4.98 Å². The van der Waals surface area contributed by atoms with Crippen LogP contribution in [0.1, 0.15) is 31.3 Å². The molecule has 0 bridgehead atoms. The van der Waals surface area contributed by atoms with Gasteiger partial charge in [-0.3, -0.25) is 19.1 Å². The predicted molar refractivity (Wildman–Crippen MR) is 152 cm³/mol. The molecule has 8 nitrogen and oxygen atoms in total. The van der Waals surface area contributed by atoms with E-state index < -0.39 is 0 Å². The SMILES string of the molecule is COc1ccccc1-n1c(C(C)N2CCN(C(=O)COc3ccc(C)cc3)C(C)C2)nc2ccccc2c1=O. The summed E-state index contributed by atoms with van der Waals surface area (Å²) in [5.41, 5.74) is 2.32. The number of carbonyl (C=O) groups is 1. The monoisotopic (exact) mass is 526 g/mol. The van der Waals surface area contributed by atoms with E-state index >= 15 is 0 Å². The summed E-state index contributed by atoms with van der Waals surface area (Å²) in [6.45, 7) is 7.98. The molecule has 8 heteroatoms. The van der Waals surface area contributed by atoms with Crippen molar-refractivity contribution in [1.29, 1.82) is 0 Å². The van der Waals surface area contributed by atoms with Gasteiger partial charge in [0.15, 0.2) is 6.61 Å². The Morgan fingerprint density at radius 1 is 1.03 bits per heavy atom. The molecule has 2 unspecified atom stereocenters. The van der Waals surface area contributed by atoms with E-state index in [4.69, 9.17) is 14.5 Å². The number of hydrogen-bond acceptors (Lipinski definition) is 6. The Labute approximate surface area is 228 Å². The molecule has 39 heavy (non-hydrogen) atoms. The minimum absolute atomic E-state index is 0.00251. The number of hydrogen-bond donors (Lipinski definition) is 0. The topological polar surface area (TPSA) is 76.9 Å². The zero-order valence-electron chi connectivity index (χ0n) is 22.8. The molecule has 1 amide bonds. The number of nitrogens with zero attached hydrogens (tertiary/aromatic N) is 4. The van der Waals surface area contributed by atoms with Gasteiger partial charge in [-0.15, -0.1) is 0 Å². The van der Waals surface area contributed by atoms with E-state index in [1.165, 1.54) is 0 Å². The lowest BCUT2D eigenvalue weighted by Gasteiger charge is -2.42. The molecule has 1 aromatic heterocycles. The van der Waals surface area contributed by atoms with Crippen LogP contribution in [-0.4, -0.2) is 64.7 Å². The first-order chi connectivity index (χ1) is 18.9. The Morgan fingerprint density at radius 2 is 1.74 bits per heavy atom. The van der Waals surface area contributed by atoms with E-state index in [0.717, 1.165) is 5.56 Å². The van der Waals surface area contributed by atoms with Crippen LogP contribution in [0.5, 0.6) is 11.5 Å². The summed E-state index contributed by atoms with van der Waals surface area (Å²) in [5, 5.41) is 0.553. The maximum Gasteiger partial charge on any atom is 0.266 e. The summed E-state index contributed by atoms with van der Waals surface area (Å²) in [7, 11) is 1.60. The first-order valence-electron chi connectivity index (χ1n) is 13.3. The molecule has 4 aromatic rings. The average Bonchev–Trinajstić information content (AvgIpc) is 2.96. The summed E-state index contributed by atoms with van der Waals surface area (Å²) in [6, 6.07) is 22.4. The third kappa shape index (κ3) is 5.38. The van der Waals surface area contributed by atoms with Crippen molar-refractivity contribution in [2.75, 3.05) is 33.4 Å². The standard InChI is InChI=1S/C31H34N4O4/c1-21-13-15-24(16-14-21)39-20-29(36)34-18-17-33(19-22(34)2)23(3)30-32-26-10-6-5-9-25(26)31(37)35(30)27-11-7-8-12-28(27)38-4/h5-16,22-23H,17-20H2,1-4H3. The van der Waals surface area contributed by atoms with Crippen LogP contribution in [0.15, 0.2) is 77.6 Å². The summed E-state index contributed by atoms with van der Waals surface area (Å²) in [4.78, 5) is 35.9. The largest absolute Gasteiger partial charge is 0.495 e. The second-order valence-corrected chi connectivity index (χ2v) is 10.0. The number of rotatable bonds is 7. The van der Waals surface area contributed by atoms with E-state index in [-0.39, 0.29) is 30.2 Å². The molecule has 0 saturated carbocycles. The lowest BCUT2D eigenvalue weighted by molar-refractivity contribution is -0.138. The van der Waals surface area contributed by atoms with Crippen LogP contribution in [0.2, 0.25) is 0 Å². The Morgan fingerprint density at radius 3 is 2.49 bits per heavy atom. The molecule has 2 atom stereocenters. The van der Waals surface area contributed by atoms with Gasteiger partial charge in [0.25, 0.3) is 11.5 Å². The van der Waals surface area contributed by atoms with Gasteiger partial charge in [-0.2, -0.15) is 0 Å². The Kier molecular flexibility index (Phi) is 7.65. The van der Waals surface area contributed by atoms with Crippen molar-refractivity contribution in [2.24, 2.45) is 0 Å². The minimum atomic E-state index is -0.185. The van der Waals surface area contributed by atoms with Crippen molar-refractivity contribution in [3.8, 4) is 17.2 Å². The molecule has 1 saturated heterocycles. The van der Waals surface area contributed by atoms with Crippen molar-refractivity contribution in [3.05, 3.63) is 94.5 Å². The molecule has 3 aromatic carbocycles. The predicted octanol–water partition coefficient (Wildman–Crippen LogP) is 4.38. The molecule has 1 aliphatic heterocycles. The van der Waals surface area contributed by atoms with Gasteiger partial charge in [0, 0.05) is 25.7 Å².